The number of allylic oxidation sites excluding steroid dienone is 1. The Labute approximate surface area is 257 Å². The first-order chi connectivity index (χ1) is 20.8. The third kappa shape index (κ3) is 4.46. The molecule has 6 nitrogen and oxygen atoms in total. The molecule has 2 bridgehead atoms. The van der Waals surface area contributed by atoms with Gasteiger partial charge < -0.3 is 14.6 Å². The number of benzene rings is 3. The molecule has 1 amide bonds. The van der Waals surface area contributed by atoms with Crippen LogP contribution in [0.2, 0.25) is 5.02 Å². The molecule has 0 saturated carbocycles. The first-order valence-corrected chi connectivity index (χ1v) is 15.3. The summed E-state index contributed by atoms with van der Waals surface area (Å²) < 4.78 is 8.63. The van der Waals surface area contributed by atoms with Crippen LogP contribution in [0.5, 0.6) is 0 Å². The van der Waals surface area contributed by atoms with Gasteiger partial charge in [-0.2, -0.15) is 0 Å². The summed E-state index contributed by atoms with van der Waals surface area (Å²) in [7, 11) is 0. The fraction of sp³-hybridized carbons (Fsp3) is 0.333. The van der Waals surface area contributed by atoms with Gasteiger partial charge in [-0.25, -0.2) is 0 Å². The number of rotatable bonds is 8. The van der Waals surface area contributed by atoms with Gasteiger partial charge >= 0.3 is 0 Å². The summed E-state index contributed by atoms with van der Waals surface area (Å²) in [5.74, 6) is 0.0995. The van der Waals surface area contributed by atoms with Crippen molar-refractivity contribution in [3.8, 4) is 0 Å². The van der Waals surface area contributed by atoms with Gasteiger partial charge in [0.05, 0.1) is 17.7 Å². The number of nitrogens with zero attached hydrogens (tertiary/aromatic N) is 2. The van der Waals surface area contributed by atoms with Crippen molar-refractivity contribution in [3.63, 3.8) is 0 Å². The van der Waals surface area contributed by atoms with Crippen molar-refractivity contribution in [3.05, 3.63) is 118 Å². The Morgan fingerprint density at radius 2 is 1.74 bits per heavy atom. The van der Waals surface area contributed by atoms with E-state index in [0.717, 1.165) is 28.3 Å². The van der Waals surface area contributed by atoms with Crippen LogP contribution < -0.4 is 5.32 Å². The molecule has 4 aliphatic rings. The van der Waals surface area contributed by atoms with Crippen LogP contribution in [-0.4, -0.2) is 39.3 Å². The predicted molar refractivity (Wildman–Crippen MR) is 169 cm³/mol. The minimum absolute atomic E-state index is 0.0266. The number of nitrogens with one attached hydrogen (secondary N) is 1. The summed E-state index contributed by atoms with van der Waals surface area (Å²) in [5, 5.41) is 5.36. The topological polar surface area (TPSA) is 63.6 Å². The monoisotopic (exact) mass is 593 g/mol. The highest BCUT2D eigenvalue weighted by atomic mass is 35.5. The Hall–Kier alpha value is -3.71. The second-order valence-electron chi connectivity index (χ2n) is 12.9. The second-order valence-corrected chi connectivity index (χ2v) is 13.3. The molecule has 3 aliphatic heterocycles. The van der Waals surface area contributed by atoms with Crippen LogP contribution in [0.25, 0.3) is 10.9 Å². The Morgan fingerprint density at radius 3 is 2.47 bits per heavy atom. The van der Waals surface area contributed by atoms with Gasteiger partial charge in [0.15, 0.2) is 0 Å². The minimum atomic E-state index is -0.915. The fourth-order valence-electron chi connectivity index (χ4n) is 8.30. The lowest BCUT2D eigenvalue weighted by atomic mass is 9.51. The van der Waals surface area contributed by atoms with Crippen LogP contribution in [0.1, 0.15) is 42.7 Å². The van der Waals surface area contributed by atoms with Gasteiger partial charge in [0.25, 0.3) is 0 Å². The lowest BCUT2D eigenvalue weighted by molar-refractivity contribution is -0.160. The molecular weight excluding hydrogens is 558 g/mol. The van der Waals surface area contributed by atoms with Crippen molar-refractivity contribution in [2.45, 2.75) is 63.1 Å². The summed E-state index contributed by atoms with van der Waals surface area (Å²) in [5.41, 5.74) is 4.11. The Bertz CT molecular complexity index is 1730. The number of halogens is 1. The number of carbonyl (C=O) groups excluding carboxylic acids is 2. The number of ether oxygens (including phenoxy) is 1. The molecule has 3 aromatic carbocycles. The molecule has 1 aliphatic carbocycles. The number of hydrogen-bond acceptors (Lipinski definition) is 4. The summed E-state index contributed by atoms with van der Waals surface area (Å²) in [6.45, 7) is 6.83. The van der Waals surface area contributed by atoms with E-state index in [1.807, 2.05) is 54.6 Å². The van der Waals surface area contributed by atoms with E-state index in [1.54, 1.807) is 0 Å². The van der Waals surface area contributed by atoms with E-state index in [4.69, 9.17) is 16.3 Å². The van der Waals surface area contributed by atoms with Crippen LogP contribution in [0.3, 0.4) is 0 Å². The van der Waals surface area contributed by atoms with E-state index in [9.17, 15) is 9.59 Å². The molecule has 3 atom stereocenters. The molecule has 43 heavy (non-hydrogen) atoms. The van der Waals surface area contributed by atoms with Crippen LogP contribution in [0.4, 0.5) is 0 Å². The molecule has 4 heterocycles. The highest BCUT2D eigenvalue weighted by Gasteiger charge is 2.67. The van der Waals surface area contributed by atoms with Crippen LogP contribution in [-0.2, 0) is 46.0 Å². The summed E-state index contributed by atoms with van der Waals surface area (Å²) >= 11 is 6.57. The van der Waals surface area contributed by atoms with Crippen LogP contribution in [0, 0.1) is 5.92 Å². The number of hydrogen-bond donors (Lipinski definition) is 1. The second kappa shape index (κ2) is 10.5. The van der Waals surface area contributed by atoms with Crippen molar-refractivity contribution in [1.29, 1.82) is 0 Å². The number of fused-ring (bicyclic) bond motifs is 5. The molecular formula is C36H36ClN3O3. The maximum absolute atomic E-state index is 14.1. The van der Waals surface area contributed by atoms with Gasteiger partial charge in [-0.15, -0.1) is 0 Å². The van der Waals surface area contributed by atoms with E-state index < -0.39 is 11.1 Å². The molecule has 1 N–H and O–H groups in total. The summed E-state index contributed by atoms with van der Waals surface area (Å²) in [6, 6.07) is 26.6. The average molecular weight is 594 g/mol. The SMILES string of the molecule is CC1(C)c2c(c3ccc(Cl)cc3n2COCc2ccccc2)C[C@@]23CN(Cc4ccccc4)[C@@](/C=C/C=O)(C[C@@H]12)C(=O)N3. The summed E-state index contributed by atoms with van der Waals surface area (Å²) in [6.07, 6.45) is 5.42. The molecule has 4 aromatic rings. The van der Waals surface area contributed by atoms with Gasteiger partial charge in [-0.1, -0.05) is 98.3 Å². The first-order valence-electron chi connectivity index (χ1n) is 14.9. The zero-order valence-electron chi connectivity index (χ0n) is 24.6. The number of aromatic nitrogens is 1. The van der Waals surface area contributed by atoms with E-state index in [2.05, 4.69) is 59.0 Å². The Morgan fingerprint density at radius 1 is 1.02 bits per heavy atom. The lowest BCUT2D eigenvalue weighted by Gasteiger charge is -2.66. The maximum atomic E-state index is 14.1. The zero-order valence-corrected chi connectivity index (χ0v) is 25.3. The van der Waals surface area contributed by atoms with E-state index in [0.29, 0.717) is 44.3 Å². The van der Waals surface area contributed by atoms with Crippen molar-refractivity contribution in [2.24, 2.45) is 5.92 Å². The molecule has 0 unspecified atom stereocenters. The first kappa shape index (κ1) is 28.1. The Balaban J connectivity index is 1.33. The molecule has 7 heteroatoms. The lowest BCUT2D eigenvalue weighted by Crippen LogP contribution is -2.83. The fourth-order valence-corrected chi connectivity index (χ4v) is 8.46. The van der Waals surface area contributed by atoms with Crippen molar-refractivity contribution >= 4 is 34.7 Å². The largest absolute Gasteiger partial charge is 0.356 e. The molecule has 0 radical (unpaired) electrons. The number of piperidine rings is 2. The minimum Gasteiger partial charge on any atom is -0.356 e. The van der Waals surface area contributed by atoms with Crippen LogP contribution in [0.15, 0.2) is 91.0 Å². The van der Waals surface area contributed by atoms with Crippen molar-refractivity contribution < 1.29 is 14.3 Å². The number of carbonyl (C=O) groups is 2. The quantitative estimate of drug-likeness (QED) is 0.196. The Kier molecular flexibility index (Phi) is 6.84. The van der Waals surface area contributed by atoms with E-state index in [1.165, 1.54) is 17.3 Å². The van der Waals surface area contributed by atoms with Gasteiger partial charge in [-0.05, 0) is 53.7 Å². The van der Waals surface area contributed by atoms with E-state index >= 15 is 0 Å². The third-order valence-corrected chi connectivity index (χ3v) is 10.3. The number of aldehydes is 1. The molecule has 1 aromatic heterocycles. The predicted octanol–water partition coefficient (Wildman–Crippen LogP) is 6.19. The maximum Gasteiger partial charge on any atom is 0.245 e. The average Bonchev–Trinajstić information content (AvgIpc) is 3.30. The number of piperazine rings is 1. The standard InChI is InChI=1S/C36H36ClN3O3/c1-34(2)31-20-36(16-9-17-41)33(42)38-35(31,23-39(36)21-25-10-5-3-6-11-25)19-29-28-15-14-27(37)18-30(28)40(32(29)34)24-43-22-26-12-7-4-8-13-26/h3-18,31H,19-24H2,1-2H3,(H,38,42)/b16-9+/t31-,35+,36-/m0/s1. The molecule has 3 saturated heterocycles. The van der Waals surface area contributed by atoms with Gasteiger partial charge in [0, 0.05) is 34.6 Å². The third-order valence-electron chi connectivity index (χ3n) is 10.1. The van der Waals surface area contributed by atoms with Gasteiger partial charge in [0.2, 0.25) is 5.91 Å². The number of amides is 1. The molecule has 1 spiro atoms. The normalized spacial score (nSPS) is 25.9. The molecule has 220 valence electrons. The molecule has 3 fully saturated rings. The summed E-state index contributed by atoms with van der Waals surface area (Å²) in [4.78, 5) is 27.9. The smallest absolute Gasteiger partial charge is 0.245 e. The van der Waals surface area contributed by atoms with Crippen molar-refractivity contribution in [2.75, 3.05) is 6.54 Å². The van der Waals surface area contributed by atoms with Crippen LogP contribution >= 0.6 is 11.6 Å². The highest BCUT2D eigenvalue weighted by Crippen LogP contribution is 2.58. The highest BCUT2D eigenvalue weighted by molar-refractivity contribution is 6.31. The van der Waals surface area contributed by atoms with Crippen molar-refractivity contribution in [1.82, 2.24) is 14.8 Å². The molecule has 8 rings (SSSR count). The van der Waals surface area contributed by atoms with Gasteiger partial charge in [0.1, 0.15) is 18.6 Å². The van der Waals surface area contributed by atoms with Gasteiger partial charge in [-0.3, -0.25) is 14.5 Å². The zero-order chi connectivity index (χ0) is 29.8. The van der Waals surface area contributed by atoms with E-state index in [-0.39, 0.29) is 17.2 Å².